The molecule has 0 aliphatic carbocycles. The first-order chi connectivity index (χ1) is 45.0. The van der Waals surface area contributed by atoms with Gasteiger partial charge in [-0.2, -0.15) is 0 Å². The van der Waals surface area contributed by atoms with E-state index in [0.29, 0.717) is 23.9 Å². The smallest absolute Gasteiger partial charge is 0.462 e. The Morgan fingerprint density at radius 1 is 0.337 bits per heavy atom. The number of carbonyl (C=O) groups is 2. The molecule has 0 bridgehead atoms. The lowest BCUT2D eigenvalue weighted by atomic mass is 10.1. The minimum atomic E-state index is -4.43. The number of phosphoric ester groups is 1. The summed E-state index contributed by atoms with van der Waals surface area (Å²) >= 11 is 0. The molecule has 0 aromatic rings. The average Bonchev–Trinajstić information content (AvgIpc) is 2.14. The number of hydrogen-bond acceptors (Lipinski definition) is 7. The number of esters is 2. The van der Waals surface area contributed by atoms with Crippen LogP contribution in [0.3, 0.4) is 0 Å². The highest BCUT2D eigenvalue weighted by Crippen LogP contribution is 2.43. The Labute approximate surface area is 562 Å². The van der Waals surface area contributed by atoms with Gasteiger partial charge in [-0.25, -0.2) is 4.57 Å². The van der Waals surface area contributed by atoms with Gasteiger partial charge in [0.15, 0.2) is 6.10 Å². The number of nitrogens with zero attached hydrogens (tertiary/aromatic N) is 1. The molecule has 0 saturated carbocycles. The first-order valence-electron chi connectivity index (χ1n) is 34.8. The van der Waals surface area contributed by atoms with Crippen molar-refractivity contribution in [2.24, 2.45) is 0 Å². The van der Waals surface area contributed by atoms with Crippen molar-refractivity contribution in [3.05, 3.63) is 243 Å². The summed E-state index contributed by atoms with van der Waals surface area (Å²) in [7, 11) is 1.39. The first-order valence-corrected chi connectivity index (χ1v) is 36.3. The van der Waals surface area contributed by atoms with Crippen LogP contribution in [0.2, 0.25) is 0 Å². The van der Waals surface area contributed by atoms with Crippen LogP contribution >= 0.6 is 7.82 Å². The molecule has 10 heteroatoms. The SMILES string of the molecule is CC/C=C\C/C=C\C/C=C\C/C=C\C/C=C\C/C=C\C/C=C\C/C=C\C/C=C\C/C=C\C/C=C\C/C=C\CCCCC(=O)OC(COC(=O)CCCCCC/C=C\C/C=C\C/C=C\C/C=C\C/C=C\C/C=C\C/C=C\C/C=C\CC)COP(=O)(O)OCC[N+](C)(C)C. The van der Waals surface area contributed by atoms with E-state index in [2.05, 4.69) is 257 Å². The second-order valence-electron chi connectivity index (χ2n) is 23.1. The third-order valence-electron chi connectivity index (χ3n) is 13.4. The maximum atomic E-state index is 12.9. The summed E-state index contributed by atoms with van der Waals surface area (Å²) in [4.78, 5) is 35.8. The summed E-state index contributed by atoms with van der Waals surface area (Å²) < 4.78 is 34.6. The number of phosphoric acid groups is 1. The first kappa shape index (κ1) is 85.8. The van der Waals surface area contributed by atoms with E-state index in [-0.39, 0.29) is 26.1 Å². The van der Waals surface area contributed by atoms with Crippen LogP contribution in [0.4, 0.5) is 0 Å². The molecule has 0 rings (SSSR count). The molecular weight excluding hydrogens is 1160 g/mol. The molecule has 0 aromatic heterocycles. The molecule has 0 aliphatic rings. The van der Waals surface area contributed by atoms with E-state index in [4.69, 9.17) is 18.5 Å². The number of ether oxygens (including phenoxy) is 2. The topological polar surface area (TPSA) is 108 Å². The van der Waals surface area contributed by atoms with Crippen LogP contribution in [0.1, 0.15) is 206 Å². The van der Waals surface area contributed by atoms with Crippen molar-refractivity contribution in [3.63, 3.8) is 0 Å². The van der Waals surface area contributed by atoms with Gasteiger partial charge in [-0.3, -0.25) is 18.6 Å². The number of carbonyl (C=O) groups excluding carboxylic acids is 2. The Kier molecular flexibility index (Phi) is 64.5. The van der Waals surface area contributed by atoms with Gasteiger partial charge >= 0.3 is 19.8 Å². The molecule has 0 heterocycles. The maximum Gasteiger partial charge on any atom is 0.472 e. The second kappa shape index (κ2) is 69.2. The monoisotopic (exact) mass is 1280 g/mol. The average molecular weight is 1280 g/mol. The summed E-state index contributed by atoms with van der Waals surface area (Å²) in [5.74, 6) is -0.902. The molecule has 1 N–H and O–H groups in total. The highest BCUT2D eigenvalue weighted by molar-refractivity contribution is 7.47. The van der Waals surface area contributed by atoms with Gasteiger partial charge in [0.2, 0.25) is 0 Å². The lowest BCUT2D eigenvalue weighted by molar-refractivity contribution is -0.870. The number of quaternary nitrogens is 1. The van der Waals surface area contributed by atoms with Crippen molar-refractivity contribution in [2.75, 3.05) is 47.5 Å². The van der Waals surface area contributed by atoms with Crippen LogP contribution in [0.15, 0.2) is 243 Å². The predicted octanol–water partition coefficient (Wildman–Crippen LogP) is 23.1. The van der Waals surface area contributed by atoms with Crippen molar-refractivity contribution < 1.29 is 42.1 Å². The van der Waals surface area contributed by atoms with Gasteiger partial charge in [0.1, 0.15) is 19.8 Å². The molecule has 2 unspecified atom stereocenters. The van der Waals surface area contributed by atoms with Crippen molar-refractivity contribution in [3.8, 4) is 0 Å². The van der Waals surface area contributed by atoms with Crippen LogP contribution in [0, 0.1) is 0 Å². The summed E-state index contributed by atoms with van der Waals surface area (Å²) in [5.41, 5.74) is 0. The summed E-state index contributed by atoms with van der Waals surface area (Å²) in [6, 6.07) is 0. The number of likely N-dealkylation sites (N-methyl/N-ethyl adjacent to an activating group) is 1. The number of hydrogen-bond donors (Lipinski definition) is 1. The highest BCUT2D eigenvalue weighted by atomic mass is 31.2. The van der Waals surface area contributed by atoms with Gasteiger partial charge in [0.25, 0.3) is 0 Å². The van der Waals surface area contributed by atoms with Gasteiger partial charge in [0, 0.05) is 12.8 Å². The summed E-state index contributed by atoms with van der Waals surface area (Å²) in [6.45, 7) is 4.08. The van der Waals surface area contributed by atoms with E-state index in [1.54, 1.807) is 0 Å². The Bertz CT molecular complexity index is 2450. The molecule has 0 spiro atoms. The lowest BCUT2D eigenvalue weighted by Crippen LogP contribution is -2.37. The maximum absolute atomic E-state index is 12.9. The van der Waals surface area contributed by atoms with Crippen molar-refractivity contribution >= 4 is 19.8 Å². The summed E-state index contributed by atoms with van der Waals surface area (Å²) in [6.07, 6.45) is 114. The van der Waals surface area contributed by atoms with E-state index >= 15 is 0 Å². The Hall–Kier alpha value is -6.19. The molecule has 0 amide bonds. The van der Waals surface area contributed by atoms with Crippen molar-refractivity contribution in [1.82, 2.24) is 0 Å². The van der Waals surface area contributed by atoms with Crippen molar-refractivity contribution in [1.29, 1.82) is 0 Å². The van der Waals surface area contributed by atoms with Crippen molar-refractivity contribution in [2.45, 2.75) is 213 Å². The van der Waals surface area contributed by atoms with Gasteiger partial charge in [0.05, 0.1) is 27.7 Å². The quantitative estimate of drug-likeness (QED) is 0.0211. The number of rotatable bonds is 60. The van der Waals surface area contributed by atoms with Gasteiger partial charge in [-0.15, -0.1) is 0 Å². The number of unbranched alkanes of at least 4 members (excludes halogenated alkanes) is 6. The molecule has 0 aliphatic heterocycles. The minimum absolute atomic E-state index is 0.00352. The molecule has 510 valence electrons. The van der Waals surface area contributed by atoms with Gasteiger partial charge < -0.3 is 18.9 Å². The second-order valence-corrected chi connectivity index (χ2v) is 24.5. The van der Waals surface area contributed by atoms with Crippen LogP contribution in [0.25, 0.3) is 0 Å². The largest absolute Gasteiger partial charge is 0.472 e. The highest BCUT2D eigenvalue weighted by Gasteiger charge is 2.27. The fourth-order valence-electron chi connectivity index (χ4n) is 8.13. The molecule has 92 heavy (non-hydrogen) atoms. The zero-order valence-corrected chi connectivity index (χ0v) is 58.8. The fourth-order valence-corrected chi connectivity index (χ4v) is 8.87. The molecule has 0 aromatic carbocycles. The molecule has 0 fully saturated rings. The minimum Gasteiger partial charge on any atom is -0.462 e. The van der Waals surface area contributed by atoms with E-state index in [9.17, 15) is 19.0 Å². The molecule has 2 atom stereocenters. The molecule has 0 radical (unpaired) electrons. The molecular formula is C82H125NO8P+. The molecule has 0 saturated heterocycles. The Morgan fingerprint density at radius 3 is 0.880 bits per heavy atom. The van der Waals surface area contributed by atoms with Crippen LogP contribution < -0.4 is 0 Å². The van der Waals surface area contributed by atoms with E-state index in [0.717, 1.165) is 167 Å². The zero-order chi connectivity index (χ0) is 66.9. The van der Waals surface area contributed by atoms with E-state index < -0.39 is 32.5 Å². The normalized spacial score (nSPS) is 14.6. The Morgan fingerprint density at radius 2 is 0.587 bits per heavy atom. The van der Waals surface area contributed by atoms with E-state index in [1.165, 1.54) is 0 Å². The third kappa shape index (κ3) is 72.9. The van der Waals surface area contributed by atoms with E-state index in [1.807, 2.05) is 21.1 Å². The standard InChI is InChI=1S/C82H124NO8P/c1-6-8-10-12-14-16-18-20-22-24-26-28-30-32-34-36-37-38-39-40-41-42-43-44-45-47-49-51-53-55-57-59-61-63-65-67-69-71-73-75-82(85)91-80(79-90-92(86,87)89-77-76-83(3,4)5)78-88-81(84)74-72-70-68-66-64-62-60-58-56-54-52-50-48-46-35-33-31-29-27-25-23-21-19-17-15-13-11-9-7-2/h8-11,14-17,20-23,26-29,32-35,37-38,40-41,43-44,47-50,53-56,59-62,65,67,80H,6-7,12-13,18-19,24-25,30-31,36,39,42,45-46,51-52,57-58,63-64,66,68-79H2,1-5H3/p+1/b10-8-,11-9-,16-14-,17-15-,22-20-,23-21-,28-26-,29-27-,34-32-,35-33-,38-37-,41-40-,44-43-,49-47-,50-48-,55-53-,56-54-,61-59-,62-60-,67-65-. The molecule has 9 nitrogen and oxygen atoms in total. The third-order valence-corrected chi connectivity index (χ3v) is 14.4. The number of allylic oxidation sites excluding steroid dienone is 40. The van der Waals surface area contributed by atoms with Gasteiger partial charge in [-0.1, -0.05) is 270 Å². The fraction of sp³-hybridized carbons (Fsp3) is 0.488. The summed E-state index contributed by atoms with van der Waals surface area (Å²) in [5, 5.41) is 0. The zero-order valence-electron chi connectivity index (χ0n) is 57.9. The van der Waals surface area contributed by atoms with Crippen LogP contribution in [0.5, 0.6) is 0 Å². The predicted molar refractivity (Wildman–Crippen MR) is 398 cm³/mol. The van der Waals surface area contributed by atoms with Gasteiger partial charge in [-0.05, 0) is 167 Å². The lowest BCUT2D eigenvalue weighted by Gasteiger charge is -2.24. The van der Waals surface area contributed by atoms with Crippen LogP contribution in [-0.4, -0.2) is 74.9 Å². The van der Waals surface area contributed by atoms with Crippen LogP contribution in [-0.2, 0) is 32.7 Å². The Balaban J connectivity index is 4.31.